The number of fused-ring (bicyclic) bond motifs is 1. The number of nitrogens with zero attached hydrogens (tertiary/aromatic N) is 1. The lowest BCUT2D eigenvalue weighted by molar-refractivity contribution is 0.0686. The molecule has 1 aromatic carbocycles. The summed E-state index contributed by atoms with van der Waals surface area (Å²) in [6.45, 7) is 0. The number of aromatic nitrogens is 2. The van der Waals surface area contributed by atoms with Crippen LogP contribution in [0.2, 0.25) is 0 Å². The first-order valence-electron chi connectivity index (χ1n) is 5.54. The van der Waals surface area contributed by atoms with Crippen molar-refractivity contribution >= 4 is 16.9 Å². The van der Waals surface area contributed by atoms with Crippen LogP contribution in [0.25, 0.3) is 22.2 Å². The van der Waals surface area contributed by atoms with Gasteiger partial charge in [0.25, 0.3) is 0 Å². The number of aromatic carboxylic acids is 1. The van der Waals surface area contributed by atoms with Gasteiger partial charge in [0.2, 0.25) is 0 Å². The lowest BCUT2D eigenvalue weighted by Gasteiger charge is -2.05. The average molecular weight is 258 g/mol. The number of hydrogen-bond donors (Lipinski definition) is 2. The van der Waals surface area contributed by atoms with Crippen molar-refractivity contribution in [1.29, 1.82) is 0 Å². The fourth-order valence-corrected chi connectivity index (χ4v) is 1.94. The number of carbonyl (C=O) groups is 1. The minimum absolute atomic E-state index is 0.136. The van der Waals surface area contributed by atoms with Gasteiger partial charge in [0.1, 0.15) is 5.75 Å². The van der Waals surface area contributed by atoms with E-state index in [1.807, 2.05) is 24.4 Å². The van der Waals surface area contributed by atoms with E-state index in [1.54, 1.807) is 7.11 Å². The summed E-state index contributed by atoms with van der Waals surface area (Å²) in [4.78, 5) is 13.9. The van der Waals surface area contributed by atoms with Crippen LogP contribution in [0.4, 0.5) is 0 Å². The molecule has 0 aliphatic rings. The van der Waals surface area contributed by atoms with Gasteiger partial charge in [0.15, 0.2) is 11.5 Å². The summed E-state index contributed by atoms with van der Waals surface area (Å²) >= 11 is 0. The molecule has 0 bridgehead atoms. The fourth-order valence-electron chi connectivity index (χ4n) is 1.94. The molecule has 2 N–H and O–H groups in total. The highest BCUT2D eigenvalue weighted by Crippen LogP contribution is 2.34. The Labute approximate surface area is 107 Å². The number of benzene rings is 1. The van der Waals surface area contributed by atoms with Crippen molar-refractivity contribution in [1.82, 2.24) is 10.1 Å². The molecule has 3 rings (SSSR count). The van der Waals surface area contributed by atoms with Gasteiger partial charge >= 0.3 is 5.97 Å². The molecule has 0 fully saturated rings. The SMILES string of the molecule is COc1cc2cc[nH]c2cc1-c1cc(C(=O)O)no1. The summed E-state index contributed by atoms with van der Waals surface area (Å²) in [6.07, 6.45) is 1.82. The molecule has 3 aromatic rings. The van der Waals surface area contributed by atoms with Gasteiger partial charge < -0.3 is 19.4 Å². The average Bonchev–Trinajstić information content (AvgIpc) is 3.05. The van der Waals surface area contributed by atoms with Gasteiger partial charge in [-0.25, -0.2) is 4.79 Å². The molecule has 2 aromatic heterocycles. The second kappa shape index (κ2) is 4.16. The number of carboxylic acids is 1. The molecule has 0 saturated heterocycles. The number of hydrogen-bond acceptors (Lipinski definition) is 4. The van der Waals surface area contributed by atoms with E-state index in [1.165, 1.54) is 6.07 Å². The zero-order chi connectivity index (χ0) is 13.4. The summed E-state index contributed by atoms with van der Waals surface area (Å²) < 4.78 is 10.4. The first-order chi connectivity index (χ1) is 9.19. The molecular weight excluding hydrogens is 248 g/mol. The van der Waals surface area contributed by atoms with E-state index in [2.05, 4.69) is 10.1 Å². The van der Waals surface area contributed by atoms with Gasteiger partial charge in [-0.05, 0) is 18.2 Å². The number of aromatic amines is 1. The molecule has 0 aliphatic carbocycles. The van der Waals surface area contributed by atoms with Gasteiger partial charge in [0, 0.05) is 23.2 Å². The minimum atomic E-state index is -1.13. The van der Waals surface area contributed by atoms with Crippen LogP contribution in [0.5, 0.6) is 5.75 Å². The van der Waals surface area contributed by atoms with Gasteiger partial charge in [-0.1, -0.05) is 5.16 Å². The van der Waals surface area contributed by atoms with E-state index in [-0.39, 0.29) is 5.69 Å². The lowest BCUT2D eigenvalue weighted by atomic mass is 10.1. The molecule has 0 atom stereocenters. The molecular formula is C13H10N2O4. The topological polar surface area (TPSA) is 88.4 Å². The summed E-state index contributed by atoms with van der Waals surface area (Å²) in [7, 11) is 1.55. The third kappa shape index (κ3) is 1.83. The molecule has 0 aliphatic heterocycles. The van der Waals surface area contributed by atoms with Crippen molar-refractivity contribution in [3.63, 3.8) is 0 Å². The predicted octanol–water partition coefficient (Wildman–Crippen LogP) is 2.53. The van der Waals surface area contributed by atoms with E-state index in [0.717, 1.165) is 10.9 Å². The largest absolute Gasteiger partial charge is 0.496 e. The summed E-state index contributed by atoms with van der Waals surface area (Å²) in [5, 5.41) is 13.3. The molecule has 19 heavy (non-hydrogen) atoms. The van der Waals surface area contributed by atoms with Crippen LogP contribution in [-0.2, 0) is 0 Å². The van der Waals surface area contributed by atoms with Crippen molar-refractivity contribution in [2.75, 3.05) is 7.11 Å². The fraction of sp³-hybridized carbons (Fsp3) is 0.0769. The molecule has 0 spiro atoms. The Balaban J connectivity index is 2.18. The summed E-state index contributed by atoms with van der Waals surface area (Å²) in [5.74, 6) is -0.180. The highest BCUT2D eigenvalue weighted by atomic mass is 16.5. The van der Waals surface area contributed by atoms with E-state index >= 15 is 0 Å². The Kier molecular flexibility index (Phi) is 2.49. The molecule has 0 unspecified atom stereocenters. The third-order valence-electron chi connectivity index (χ3n) is 2.87. The van der Waals surface area contributed by atoms with Crippen LogP contribution in [0.1, 0.15) is 10.5 Å². The smallest absolute Gasteiger partial charge is 0.358 e. The van der Waals surface area contributed by atoms with Gasteiger partial charge in [-0.15, -0.1) is 0 Å². The number of methoxy groups -OCH3 is 1. The van der Waals surface area contributed by atoms with E-state index in [9.17, 15) is 4.79 Å². The number of rotatable bonds is 3. The number of nitrogens with one attached hydrogen (secondary N) is 1. The Morgan fingerprint density at radius 3 is 2.95 bits per heavy atom. The zero-order valence-electron chi connectivity index (χ0n) is 10.0. The minimum Gasteiger partial charge on any atom is -0.496 e. The van der Waals surface area contributed by atoms with E-state index in [4.69, 9.17) is 14.4 Å². The molecule has 96 valence electrons. The van der Waals surface area contributed by atoms with E-state index in [0.29, 0.717) is 17.1 Å². The maximum absolute atomic E-state index is 10.8. The lowest BCUT2D eigenvalue weighted by Crippen LogP contribution is -1.94. The van der Waals surface area contributed by atoms with E-state index < -0.39 is 5.97 Å². The quantitative estimate of drug-likeness (QED) is 0.753. The van der Waals surface area contributed by atoms with Crippen molar-refractivity contribution in [2.45, 2.75) is 0 Å². The highest BCUT2D eigenvalue weighted by Gasteiger charge is 2.16. The van der Waals surface area contributed by atoms with Crippen LogP contribution in [0.3, 0.4) is 0 Å². The highest BCUT2D eigenvalue weighted by molar-refractivity contribution is 5.90. The van der Waals surface area contributed by atoms with Crippen LogP contribution >= 0.6 is 0 Å². The second-order valence-corrected chi connectivity index (χ2v) is 4.00. The maximum atomic E-state index is 10.8. The first kappa shape index (κ1) is 11.3. The molecule has 6 heteroatoms. The predicted molar refractivity (Wildman–Crippen MR) is 67.3 cm³/mol. The second-order valence-electron chi connectivity index (χ2n) is 4.00. The Morgan fingerprint density at radius 2 is 2.26 bits per heavy atom. The Hall–Kier alpha value is -2.76. The van der Waals surface area contributed by atoms with Crippen molar-refractivity contribution < 1.29 is 19.2 Å². The van der Waals surface area contributed by atoms with Crippen LogP contribution in [0, 0.1) is 0 Å². The molecule has 0 radical (unpaired) electrons. The first-order valence-corrected chi connectivity index (χ1v) is 5.54. The van der Waals surface area contributed by atoms with Crippen molar-refractivity contribution in [3.05, 3.63) is 36.2 Å². The van der Waals surface area contributed by atoms with Crippen LogP contribution in [-0.4, -0.2) is 28.3 Å². The number of H-pyrrole nitrogens is 1. The van der Waals surface area contributed by atoms with Gasteiger partial charge in [-0.2, -0.15) is 0 Å². The standard InChI is InChI=1S/C13H10N2O4/c1-18-11-4-7-2-3-14-9(7)5-8(11)12-6-10(13(16)17)15-19-12/h2-6,14H,1H3,(H,16,17). The van der Waals surface area contributed by atoms with Gasteiger partial charge in [0.05, 0.1) is 12.7 Å². The molecule has 2 heterocycles. The summed E-state index contributed by atoms with van der Waals surface area (Å²) in [5.41, 5.74) is 1.42. The summed E-state index contributed by atoms with van der Waals surface area (Å²) in [6, 6.07) is 6.98. The van der Waals surface area contributed by atoms with Crippen LogP contribution < -0.4 is 4.74 Å². The Morgan fingerprint density at radius 1 is 1.42 bits per heavy atom. The Bertz CT molecular complexity index is 757. The monoisotopic (exact) mass is 258 g/mol. The van der Waals surface area contributed by atoms with Crippen molar-refractivity contribution in [3.8, 4) is 17.1 Å². The van der Waals surface area contributed by atoms with Gasteiger partial charge in [-0.3, -0.25) is 0 Å². The third-order valence-corrected chi connectivity index (χ3v) is 2.87. The molecule has 0 saturated carbocycles. The van der Waals surface area contributed by atoms with Crippen molar-refractivity contribution in [2.24, 2.45) is 0 Å². The molecule has 6 nitrogen and oxygen atoms in total. The molecule has 0 amide bonds. The zero-order valence-corrected chi connectivity index (χ0v) is 10.0. The maximum Gasteiger partial charge on any atom is 0.358 e. The normalized spacial score (nSPS) is 10.8. The number of carboxylic acid groups (broad SMARTS) is 1. The number of ether oxygens (including phenoxy) is 1. The van der Waals surface area contributed by atoms with Crippen LogP contribution in [0.15, 0.2) is 35.0 Å².